The number of carbonyl (C=O) groups is 3. The fourth-order valence-corrected chi connectivity index (χ4v) is 3.87. The summed E-state index contributed by atoms with van der Waals surface area (Å²) in [5.41, 5.74) is 3.17. The zero-order valence-corrected chi connectivity index (χ0v) is 15.0. The summed E-state index contributed by atoms with van der Waals surface area (Å²) in [6, 6.07) is 12.3. The maximum absolute atomic E-state index is 12.9. The van der Waals surface area contributed by atoms with Crippen LogP contribution in [0.4, 0.5) is 5.69 Å². The number of rotatable bonds is 3. The van der Waals surface area contributed by atoms with Crippen LogP contribution in [0, 0.1) is 6.92 Å². The second kappa shape index (κ2) is 6.63. The van der Waals surface area contributed by atoms with Crippen molar-refractivity contribution in [1.82, 2.24) is 4.90 Å². The predicted octanol–water partition coefficient (Wildman–Crippen LogP) is 2.45. The maximum atomic E-state index is 12.9. The van der Waals surface area contributed by atoms with Gasteiger partial charge in [0.1, 0.15) is 0 Å². The van der Waals surface area contributed by atoms with E-state index in [-0.39, 0.29) is 30.7 Å². The molecular weight excluding hydrogens is 344 g/mol. The van der Waals surface area contributed by atoms with Crippen molar-refractivity contribution in [3.63, 3.8) is 0 Å². The van der Waals surface area contributed by atoms with Crippen LogP contribution < -0.4 is 4.90 Å². The lowest BCUT2D eigenvalue weighted by atomic mass is 9.95. The van der Waals surface area contributed by atoms with Crippen LogP contribution in [-0.4, -0.2) is 40.8 Å². The smallest absolute Gasteiger partial charge is 0.261 e. The fraction of sp³-hybridized carbons (Fsp3) is 0.286. The van der Waals surface area contributed by atoms with E-state index in [2.05, 4.69) is 0 Å². The van der Waals surface area contributed by atoms with E-state index in [0.29, 0.717) is 24.1 Å². The lowest BCUT2D eigenvalue weighted by Crippen LogP contribution is -2.40. The van der Waals surface area contributed by atoms with E-state index in [0.717, 1.165) is 21.7 Å². The quantitative estimate of drug-likeness (QED) is 0.849. The number of hydrogen-bond donors (Lipinski definition) is 1. The van der Waals surface area contributed by atoms with Gasteiger partial charge in [-0.05, 0) is 31.0 Å². The monoisotopic (exact) mass is 364 g/mol. The maximum Gasteiger partial charge on any atom is 0.261 e. The fourth-order valence-electron chi connectivity index (χ4n) is 3.87. The number of aliphatic hydroxyl groups is 1. The van der Waals surface area contributed by atoms with Gasteiger partial charge in [0.15, 0.2) is 0 Å². The number of anilines is 1. The molecule has 2 aromatic carbocycles. The van der Waals surface area contributed by atoms with Crippen LogP contribution in [0.1, 0.15) is 50.8 Å². The minimum absolute atomic E-state index is 0.0471. The molecule has 6 heteroatoms. The Morgan fingerprint density at radius 1 is 1.07 bits per heavy atom. The van der Waals surface area contributed by atoms with Gasteiger partial charge in [0, 0.05) is 25.1 Å². The number of hydrogen-bond acceptors (Lipinski definition) is 4. The summed E-state index contributed by atoms with van der Waals surface area (Å²) in [4.78, 5) is 40.5. The molecule has 2 aliphatic heterocycles. The number of nitrogens with zero attached hydrogens (tertiary/aromatic N) is 2. The molecule has 0 radical (unpaired) electrons. The summed E-state index contributed by atoms with van der Waals surface area (Å²) < 4.78 is 0. The van der Waals surface area contributed by atoms with Crippen molar-refractivity contribution in [3.05, 3.63) is 64.7 Å². The van der Waals surface area contributed by atoms with E-state index in [1.54, 1.807) is 29.2 Å². The molecule has 2 aliphatic rings. The third-order valence-corrected chi connectivity index (χ3v) is 5.25. The van der Waals surface area contributed by atoms with Crippen LogP contribution in [0.3, 0.4) is 0 Å². The highest BCUT2D eigenvalue weighted by atomic mass is 16.3. The third kappa shape index (κ3) is 2.82. The molecule has 0 spiro atoms. The molecule has 27 heavy (non-hydrogen) atoms. The van der Waals surface area contributed by atoms with Gasteiger partial charge in [-0.25, -0.2) is 0 Å². The molecule has 0 fully saturated rings. The van der Waals surface area contributed by atoms with Crippen LogP contribution in [0.25, 0.3) is 0 Å². The molecule has 1 N–H and O–H groups in total. The normalized spacial score (nSPS) is 18.5. The molecule has 0 saturated carbocycles. The van der Waals surface area contributed by atoms with Gasteiger partial charge in [-0.1, -0.05) is 30.3 Å². The molecule has 1 unspecified atom stereocenters. The van der Waals surface area contributed by atoms with Crippen molar-refractivity contribution in [2.45, 2.75) is 25.9 Å². The van der Waals surface area contributed by atoms with E-state index in [4.69, 9.17) is 0 Å². The number of para-hydroxylation sites is 1. The number of aliphatic hydroxyl groups excluding tert-OH is 1. The number of carbonyl (C=O) groups excluding carboxylic acids is 3. The second-order valence-electron chi connectivity index (χ2n) is 6.92. The highest BCUT2D eigenvalue weighted by Crippen LogP contribution is 2.36. The number of aryl methyl sites for hydroxylation is 1. The first kappa shape index (κ1) is 17.4. The van der Waals surface area contributed by atoms with Crippen molar-refractivity contribution in [1.29, 1.82) is 0 Å². The summed E-state index contributed by atoms with van der Waals surface area (Å²) in [5.74, 6) is -0.864. The second-order valence-corrected chi connectivity index (χ2v) is 6.92. The molecule has 0 aliphatic carbocycles. The van der Waals surface area contributed by atoms with E-state index in [1.165, 1.54) is 0 Å². The van der Waals surface area contributed by atoms with E-state index < -0.39 is 6.10 Å². The van der Waals surface area contributed by atoms with Crippen molar-refractivity contribution < 1.29 is 19.5 Å². The average Bonchev–Trinajstić information content (AvgIpc) is 2.92. The first-order chi connectivity index (χ1) is 13.0. The summed E-state index contributed by atoms with van der Waals surface area (Å²) in [7, 11) is 0. The predicted molar refractivity (Wildman–Crippen MR) is 99.5 cm³/mol. The van der Waals surface area contributed by atoms with Gasteiger partial charge < -0.3 is 10.0 Å². The SMILES string of the molecule is Cc1cccc2c1N(C(=O)CCN1C(=O)c3ccccc3C1=O)CCC2O. The Labute approximate surface area is 157 Å². The molecule has 2 heterocycles. The van der Waals surface area contributed by atoms with Crippen LogP contribution in [-0.2, 0) is 4.79 Å². The third-order valence-electron chi connectivity index (χ3n) is 5.25. The van der Waals surface area contributed by atoms with Crippen LogP contribution >= 0.6 is 0 Å². The van der Waals surface area contributed by atoms with Gasteiger partial charge in [0.2, 0.25) is 5.91 Å². The zero-order chi connectivity index (χ0) is 19.1. The Morgan fingerprint density at radius 2 is 1.74 bits per heavy atom. The van der Waals surface area contributed by atoms with Crippen molar-refractivity contribution >= 4 is 23.4 Å². The van der Waals surface area contributed by atoms with Gasteiger partial charge in [-0.3, -0.25) is 19.3 Å². The van der Waals surface area contributed by atoms with E-state index >= 15 is 0 Å². The topological polar surface area (TPSA) is 77.9 Å². The Morgan fingerprint density at radius 3 is 2.41 bits per heavy atom. The molecule has 1 atom stereocenters. The van der Waals surface area contributed by atoms with E-state index in [9.17, 15) is 19.5 Å². The summed E-state index contributed by atoms with van der Waals surface area (Å²) in [5, 5.41) is 10.2. The molecule has 138 valence electrons. The molecule has 4 rings (SSSR count). The minimum atomic E-state index is -0.583. The van der Waals surface area contributed by atoms with Crippen molar-refractivity contribution in [3.8, 4) is 0 Å². The number of imide groups is 1. The average molecular weight is 364 g/mol. The summed E-state index contributed by atoms with van der Waals surface area (Å²) in [6.45, 7) is 2.37. The van der Waals surface area contributed by atoms with Crippen LogP contribution in [0.15, 0.2) is 42.5 Å². The van der Waals surface area contributed by atoms with Crippen LogP contribution in [0.5, 0.6) is 0 Å². The first-order valence-electron chi connectivity index (χ1n) is 9.02. The molecule has 0 bridgehead atoms. The lowest BCUT2D eigenvalue weighted by Gasteiger charge is -2.34. The Hall–Kier alpha value is -2.99. The molecular formula is C21H20N2O4. The van der Waals surface area contributed by atoms with Gasteiger partial charge in [-0.15, -0.1) is 0 Å². The Balaban J connectivity index is 1.51. The van der Waals surface area contributed by atoms with Gasteiger partial charge in [0.25, 0.3) is 11.8 Å². The highest BCUT2D eigenvalue weighted by Gasteiger charge is 2.36. The van der Waals surface area contributed by atoms with E-state index in [1.807, 2.05) is 25.1 Å². The summed E-state index contributed by atoms with van der Waals surface area (Å²) >= 11 is 0. The molecule has 0 aromatic heterocycles. The van der Waals surface area contributed by atoms with Gasteiger partial charge in [0.05, 0.1) is 22.9 Å². The molecule has 6 nitrogen and oxygen atoms in total. The zero-order valence-electron chi connectivity index (χ0n) is 15.0. The number of benzene rings is 2. The van der Waals surface area contributed by atoms with Crippen molar-refractivity contribution in [2.24, 2.45) is 0 Å². The van der Waals surface area contributed by atoms with Crippen molar-refractivity contribution in [2.75, 3.05) is 18.0 Å². The first-order valence-corrected chi connectivity index (χ1v) is 9.02. The number of fused-ring (bicyclic) bond motifs is 2. The molecule has 2 aromatic rings. The Kier molecular flexibility index (Phi) is 4.28. The number of amides is 3. The Bertz CT molecular complexity index is 918. The van der Waals surface area contributed by atoms with Gasteiger partial charge >= 0.3 is 0 Å². The highest BCUT2D eigenvalue weighted by molar-refractivity contribution is 6.21. The lowest BCUT2D eigenvalue weighted by molar-refractivity contribution is -0.118. The van der Waals surface area contributed by atoms with Crippen LogP contribution in [0.2, 0.25) is 0 Å². The largest absolute Gasteiger partial charge is 0.388 e. The summed E-state index contributed by atoms with van der Waals surface area (Å²) in [6.07, 6.45) is -0.0648. The molecule has 0 saturated heterocycles. The molecule has 3 amide bonds. The minimum Gasteiger partial charge on any atom is -0.388 e. The standard InChI is InChI=1S/C21H20N2O4/c1-13-5-4-8-16-17(24)9-11-22(19(13)16)18(25)10-12-23-20(26)14-6-2-3-7-15(14)21(23)27/h2-8,17,24H,9-12H2,1H3. The van der Waals surface area contributed by atoms with Gasteiger partial charge in [-0.2, -0.15) is 0 Å².